The smallest absolute Gasteiger partial charge is 0.250 e. The molecule has 196 valence electrons. The van der Waals surface area contributed by atoms with Crippen molar-refractivity contribution in [3.8, 4) is 17.1 Å². The van der Waals surface area contributed by atoms with Gasteiger partial charge in [-0.15, -0.1) is 10.2 Å². The number of hydrazone groups is 1. The summed E-state index contributed by atoms with van der Waals surface area (Å²) in [6.07, 6.45) is 7.17. The maximum atomic E-state index is 12.5. The molecule has 2 aromatic carbocycles. The monoisotopic (exact) mass is 540 g/mol. The van der Waals surface area contributed by atoms with E-state index in [9.17, 15) is 9.90 Å². The number of nitrogens with one attached hydrogen (secondary N) is 1. The summed E-state index contributed by atoms with van der Waals surface area (Å²) in [6.45, 7) is 5.85. The van der Waals surface area contributed by atoms with Gasteiger partial charge in [0.15, 0.2) is 11.0 Å². The van der Waals surface area contributed by atoms with Crippen molar-refractivity contribution >= 4 is 41.2 Å². The first-order chi connectivity index (χ1) is 18.0. The molecule has 1 aliphatic rings. The van der Waals surface area contributed by atoms with Gasteiger partial charge < -0.3 is 10.0 Å². The molecule has 0 bridgehead atoms. The predicted molar refractivity (Wildman–Crippen MR) is 151 cm³/mol. The molecule has 0 radical (unpaired) electrons. The summed E-state index contributed by atoms with van der Waals surface area (Å²) in [4.78, 5) is 14.7. The lowest BCUT2D eigenvalue weighted by molar-refractivity contribution is -0.118. The molecule has 3 aromatic rings. The van der Waals surface area contributed by atoms with Crippen LogP contribution in [0.1, 0.15) is 57.6 Å². The highest BCUT2D eigenvalue weighted by Gasteiger charge is 2.24. The molecular weight excluding hydrogens is 508 g/mol. The SMILES string of the molecule is CCN(CC)c1ccc(/C=N\NC(=O)CSc2nnc(-c3ccc(Cl)cc3)n2C2CCCCC2)c(O)c1. The Balaban J connectivity index is 1.41. The van der Waals surface area contributed by atoms with E-state index in [2.05, 4.69) is 44.0 Å². The summed E-state index contributed by atoms with van der Waals surface area (Å²) in [5.41, 5.74) is 4.98. The van der Waals surface area contributed by atoms with Crippen LogP contribution in [0.2, 0.25) is 5.02 Å². The summed E-state index contributed by atoms with van der Waals surface area (Å²) < 4.78 is 2.18. The molecule has 10 heteroatoms. The van der Waals surface area contributed by atoms with Crippen LogP contribution < -0.4 is 10.3 Å². The van der Waals surface area contributed by atoms with E-state index in [0.29, 0.717) is 16.6 Å². The first-order valence-electron chi connectivity index (χ1n) is 12.7. The third kappa shape index (κ3) is 6.84. The first-order valence-corrected chi connectivity index (χ1v) is 14.1. The van der Waals surface area contributed by atoms with E-state index in [-0.39, 0.29) is 17.4 Å². The Hall–Kier alpha value is -3.04. The fourth-order valence-corrected chi connectivity index (χ4v) is 5.53. The summed E-state index contributed by atoms with van der Waals surface area (Å²) >= 11 is 7.43. The molecule has 0 unspecified atom stereocenters. The molecule has 0 atom stereocenters. The fraction of sp³-hybridized carbons (Fsp3) is 0.407. The normalized spacial score (nSPS) is 14.2. The Morgan fingerprint density at radius 1 is 1.16 bits per heavy atom. The lowest BCUT2D eigenvalue weighted by atomic mass is 9.95. The van der Waals surface area contributed by atoms with E-state index in [4.69, 9.17) is 11.6 Å². The average Bonchev–Trinajstić information content (AvgIpc) is 3.34. The second-order valence-corrected chi connectivity index (χ2v) is 10.4. The van der Waals surface area contributed by atoms with Gasteiger partial charge in [0.25, 0.3) is 5.91 Å². The maximum Gasteiger partial charge on any atom is 0.250 e. The molecular formula is C27H33ClN6O2S. The van der Waals surface area contributed by atoms with Gasteiger partial charge in [-0.05, 0) is 63.1 Å². The average molecular weight is 541 g/mol. The maximum absolute atomic E-state index is 12.5. The zero-order valence-electron chi connectivity index (χ0n) is 21.2. The molecule has 8 nitrogen and oxygen atoms in total. The minimum absolute atomic E-state index is 0.118. The number of hydrogen-bond donors (Lipinski definition) is 2. The van der Waals surface area contributed by atoms with Crippen molar-refractivity contribution in [2.45, 2.75) is 57.1 Å². The number of amides is 1. The highest BCUT2D eigenvalue weighted by atomic mass is 35.5. The molecule has 1 aliphatic carbocycles. The van der Waals surface area contributed by atoms with Crippen molar-refractivity contribution in [3.05, 3.63) is 53.1 Å². The second-order valence-electron chi connectivity index (χ2n) is 8.97. The van der Waals surface area contributed by atoms with E-state index in [1.807, 2.05) is 30.3 Å². The zero-order chi connectivity index (χ0) is 26.2. The quantitative estimate of drug-likeness (QED) is 0.189. The molecule has 2 N–H and O–H groups in total. The topological polar surface area (TPSA) is 95.6 Å². The van der Waals surface area contributed by atoms with Gasteiger partial charge >= 0.3 is 0 Å². The lowest BCUT2D eigenvalue weighted by Gasteiger charge is -2.25. The van der Waals surface area contributed by atoms with Gasteiger partial charge in [0.1, 0.15) is 5.75 Å². The molecule has 1 amide bonds. The van der Waals surface area contributed by atoms with Gasteiger partial charge in [-0.2, -0.15) is 5.10 Å². The summed E-state index contributed by atoms with van der Waals surface area (Å²) in [7, 11) is 0. The third-order valence-electron chi connectivity index (χ3n) is 6.57. The van der Waals surface area contributed by atoms with Gasteiger partial charge in [0, 0.05) is 47.0 Å². The molecule has 1 saturated carbocycles. The molecule has 1 aromatic heterocycles. The van der Waals surface area contributed by atoms with Crippen LogP contribution in [-0.4, -0.2) is 50.8 Å². The van der Waals surface area contributed by atoms with E-state index >= 15 is 0 Å². The number of carbonyl (C=O) groups is 1. The van der Waals surface area contributed by atoms with Gasteiger partial charge in [-0.25, -0.2) is 5.43 Å². The van der Waals surface area contributed by atoms with Crippen LogP contribution in [-0.2, 0) is 4.79 Å². The first kappa shape index (κ1) is 27.0. The number of nitrogens with zero attached hydrogens (tertiary/aromatic N) is 5. The number of phenols is 1. The number of rotatable bonds is 10. The number of hydrogen-bond acceptors (Lipinski definition) is 7. The van der Waals surface area contributed by atoms with Crippen molar-refractivity contribution in [2.75, 3.05) is 23.7 Å². The van der Waals surface area contributed by atoms with Crippen LogP contribution >= 0.6 is 23.4 Å². The Morgan fingerprint density at radius 2 is 1.89 bits per heavy atom. The minimum atomic E-state index is -0.258. The number of aromatic hydroxyl groups is 1. The van der Waals surface area contributed by atoms with Crippen LogP contribution in [0.4, 0.5) is 5.69 Å². The van der Waals surface area contributed by atoms with Crippen molar-refractivity contribution in [3.63, 3.8) is 0 Å². The molecule has 0 spiro atoms. The third-order valence-corrected chi connectivity index (χ3v) is 7.77. The number of benzene rings is 2. The Kier molecular flexibility index (Phi) is 9.46. The number of thioether (sulfide) groups is 1. The summed E-state index contributed by atoms with van der Waals surface area (Å²) in [5.74, 6) is 0.808. The highest BCUT2D eigenvalue weighted by molar-refractivity contribution is 7.99. The van der Waals surface area contributed by atoms with E-state index in [1.54, 1.807) is 12.1 Å². The van der Waals surface area contributed by atoms with E-state index < -0.39 is 0 Å². The lowest BCUT2D eigenvalue weighted by Crippen LogP contribution is -2.21. The van der Waals surface area contributed by atoms with Crippen LogP contribution in [0.5, 0.6) is 5.75 Å². The zero-order valence-corrected chi connectivity index (χ0v) is 22.8. The van der Waals surface area contributed by atoms with Gasteiger partial charge in [-0.1, -0.05) is 42.6 Å². The van der Waals surface area contributed by atoms with E-state index in [1.165, 1.54) is 37.2 Å². The van der Waals surface area contributed by atoms with Crippen LogP contribution in [0, 0.1) is 0 Å². The number of carbonyl (C=O) groups excluding carboxylic acids is 1. The van der Waals surface area contributed by atoms with Crippen LogP contribution in [0.3, 0.4) is 0 Å². The Bertz CT molecular complexity index is 1220. The molecule has 1 fully saturated rings. The second kappa shape index (κ2) is 13.0. The number of halogens is 1. The number of phenolic OH excluding ortho intramolecular Hbond substituents is 1. The standard InChI is InChI=1S/C27H33ClN6O2S/c1-3-33(4-2)23-15-12-20(24(35)16-23)17-29-30-25(36)18-37-27-32-31-26(19-10-13-21(28)14-11-19)34(27)22-8-6-5-7-9-22/h10-17,22,35H,3-9,18H2,1-2H3,(H,30,36)/b29-17-. The predicted octanol–water partition coefficient (Wildman–Crippen LogP) is 5.90. The van der Waals surface area contributed by atoms with Gasteiger partial charge in [0.05, 0.1) is 12.0 Å². The highest BCUT2D eigenvalue weighted by Crippen LogP contribution is 2.35. The number of aromatic nitrogens is 3. The van der Waals surface area contributed by atoms with Gasteiger partial charge in [-0.3, -0.25) is 9.36 Å². The molecule has 0 aliphatic heterocycles. The Labute approximate surface area is 227 Å². The molecule has 37 heavy (non-hydrogen) atoms. The van der Waals surface area contributed by atoms with Crippen molar-refractivity contribution < 1.29 is 9.90 Å². The Morgan fingerprint density at radius 3 is 2.57 bits per heavy atom. The summed E-state index contributed by atoms with van der Waals surface area (Å²) in [6, 6.07) is 13.3. The van der Waals surface area contributed by atoms with Gasteiger partial charge in [0.2, 0.25) is 0 Å². The molecule has 4 rings (SSSR count). The molecule has 1 heterocycles. The largest absolute Gasteiger partial charge is 0.507 e. The fourth-order valence-electron chi connectivity index (χ4n) is 4.60. The van der Waals surface area contributed by atoms with Crippen molar-refractivity contribution in [2.24, 2.45) is 5.10 Å². The summed E-state index contributed by atoms with van der Waals surface area (Å²) in [5, 5.41) is 24.7. The minimum Gasteiger partial charge on any atom is -0.507 e. The van der Waals surface area contributed by atoms with Crippen LogP contribution in [0.25, 0.3) is 11.4 Å². The van der Waals surface area contributed by atoms with E-state index in [0.717, 1.165) is 48.2 Å². The number of anilines is 1. The van der Waals surface area contributed by atoms with Crippen LogP contribution in [0.15, 0.2) is 52.7 Å². The van der Waals surface area contributed by atoms with Crippen molar-refractivity contribution in [1.29, 1.82) is 0 Å². The van der Waals surface area contributed by atoms with Crippen molar-refractivity contribution in [1.82, 2.24) is 20.2 Å². The molecule has 0 saturated heterocycles.